The molecule has 3 aromatic rings. The topological polar surface area (TPSA) is 52.6 Å². The van der Waals surface area contributed by atoms with Crippen molar-refractivity contribution in [3.63, 3.8) is 0 Å². The normalized spacial score (nSPS) is 16.6. The zero-order valence-corrected chi connectivity index (χ0v) is 17.7. The fourth-order valence-electron chi connectivity index (χ4n) is 4.34. The van der Waals surface area contributed by atoms with Crippen LogP contribution >= 0.6 is 0 Å². The summed E-state index contributed by atoms with van der Waals surface area (Å²) in [6, 6.07) is 20.1. The highest BCUT2D eigenvalue weighted by Gasteiger charge is 2.24. The van der Waals surface area contributed by atoms with E-state index < -0.39 is 0 Å². The van der Waals surface area contributed by atoms with Gasteiger partial charge in [-0.15, -0.1) is 0 Å². The number of piperazine rings is 1. The summed E-state index contributed by atoms with van der Waals surface area (Å²) in [5.74, 6) is 1.88. The number of anilines is 2. The molecule has 2 saturated heterocycles. The molecule has 2 aliphatic heterocycles. The molecule has 31 heavy (non-hydrogen) atoms. The summed E-state index contributed by atoms with van der Waals surface area (Å²) in [5, 5.41) is 0. The zero-order chi connectivity index (χ0) is 21.0. The third-order valence-corrected chi connectivity index (χ3v) is 6.15. The summed E-state index contributed by atoms with van der Waals surface area (Å²) in [7, 11) is 0. The molecule has 0 spiro atoms. The van der Waals surface area contributed by atoms with Crippen LogP contribution in [0.4, 0.5) is 11.8 Å². The number of amides is 1. The Labute approximate surface area is 183 Å². The van der Waals surface area contributed by atoms with Gasteiger partial charge in [0.2, 0.25) is 5.95 Å². The Morgan fingerprint density at radius 1 is 0.710 bits per heavy atom. The Hall–Kier alpha value is -3.41. The van der Waals surface area contributed by atoms with Crippen LogP contribution in [0, 0.1) is 0 Å². The van der Waals surface area contributed by atoms with Crippen molar-refractivity contribution < 1.29 is 4.79 Å². The van der Waals surface area contributed by atoms with Crippen LogP contribution in [-0.4, -0.2) is 60.0 Å². The van der Waals surface area contributed by atoms with Crippen LogP contribution in [0.3, 0.4) is 0 Å². The van der Waals surface area contributed by atoms with Gasteiger partial charge in [0.15, 0.2) is 0 Å². The van der Waals surface area contributed by atoms with Crippen LogP contribution in [0.5, 0.6) is 0 Å². The molecular formula is C25H27N5O. The minimum absolute atomic E-state index is 0.0969. The molecule has 1 amide bonds. The van der Waals surface area contributed by atoms with Crippen molar-refractivity contribution in [3.05, 3.63) is 72.4 Å². The van der Waals surface area contributed by atoms with Crippen LogP contribution in [0.1, 0.15) is 23.2 Å². The number of nitrogens with zero attached hydrogens (tertiary/aromatic N) is 5. The minimum atomic E-state index is 0.0969. The minimum Gasteiger partial charge on any atom is -0.353 e. The quantitative estimate of drug-likeness (QED) is 0.653. The van der Waals surface area contributed by atoms with Gasteiger partial charge in [-0.05, 0) is 42.2 Å². The molecule has 158 valence electrons. The lowest BCUT2D eigenvalue weighted by atomic mass is 10.0. The van der Waals surface area contributed by atoms with Gasteiger partial charge in [-0.3, -0.25) is 4.79 Å². The maximum atomic E-state index is 13.0. The fourth-order valence-corrected chi connectivity index (χ4v) is 4.34. The standard InChI is InChI=1S/C25H27N5O/c31-24(22-10-8-21(9-11-22)20-6-2-1-3-7-20)29-18-16-28(17-19-29)23-12-13-26-25(27-23)30-14-4-5-15-30/h1-3,6-13H,4-5,14-19H2. The van der Waals surface area contributed by atoms with Gasteiger partial charge in [0, 0.05) is 51.0 Å². The van der Waals surface area contributed by atoms with Gasteiger partial charge in [0.05, 0.1) is 0 Å². The third-order valence-electron chi connectivity index (χ3n) is 6.15. The molecule has 6 nitrogen and oxygen atoms in total. The lowest BCUT2D eigenvalue weighted by Gasteiger charge is -2.35. The van der Waals surface area contributed by atoms with Gasteiger partial charge in [0.1, 0.15) is 5.82 Å². The van der Waals surface area contributed by atoms with E-state index in [-0.39, 0.29) is 5.91 Å². The second-order valence-corrected chi connectivity index (χ2v) is 8.13. The zero-order valence-electron chi connectivity index (χ0n) is 17.7. The molecule has 5 rings (SSSR count). The van der Waals surface area contributed by atoms with E-state index >= 15 is 0 Å². The molecule has 3 heterocycles. The Balaban J connectivity index is 1.21. The van der Waals surface area contributed by atoms with E-state index in [9.17, 15) is 4.79 Å². The summed E-state index contributed by atoms with van der Waals surface area (Å²) in [6.07, 6.45) is 4.27. The number of benzene rings is 2. The molecule has 0 bridgehead atoms. The van der Waals surface area contributed by atoms with E-state index in [1.165, 1.54) is 12.8 Å². The summed E-state index contributed by atoms with van der Waals surface area (Å²) < 4.78 is 0. The largest absolute Gasteiger partial charge is 0.353 e. The average molecular weight is 414 g/mol. The van der Waals surface area contributed by atoms with Crippen LogP contribution < -0.4 is 9.80 Å². The molecule has 2 aromatic carbocycles. The van der Waals surface area contributed by atoms with Crippen LogP contribution in [0.2, 0.25) is 0 Å². The maximum absolute atomic E-state index is 13.0. The van der Waals surface area contributed by atoms with Gasteiger partial charge in [-0.2, -0.15) is 4.98 Å². The van der Waals surface area contributed by atoms with E-state index in [0.29, 0.717) is 13.1 Å². The molecule has 0 unspecified atom stereocenters. The smallest absolute Gasteiger partial charge is 0.253 e. The molecule has 2 aliphatic rings. The molecule has 0 N–H and O–H groups in total. The lowest BCUT2D eigenvalue weighted by molar-refractivity contribution is 0.0746. The van der Waals surface area contributed by atoms with E-state index in [1.54, 1.807) is 0 Å². The molecule has 0 aliphatic carbocycles. The number of carbonyl (C=O) groups is 1. The predicted molar refractivity (Wildman–Crippen MR) is 123 cm³/mol. The number of hydrogen-bond donors (Lipinski definition) is 0. The van der Waals surface area contributed by atoms with Crippen molar-refractivity contribution in [3.8, 4) is 11.1 Å². The van der Waals surface area contributed by atoms with Gasteiger partial charge >= 0.3 is 0 Å². The van der Waals surface area contributed by atoms with E-state index in [4.69, 9.17) is 4.98 Å². The van der Waals surface area contributed by atoms with Crippen LogP contribution in [0.25, 0.3) is 11.1 Å². The molecule has 0 atom stereocenters. The van der Waals surface area contributed by atoms with Gasteiger partial charge < -0.3 is 14.7 Å². The second kappa shape index (κ2) is 8.76. The Morgan fingerprint density at radius 2 is 1.39 bits per heavy atom. The number of hydrogen-bond acceptors (Lipinski definition) is 5. The second-order valence-electron chi connectivity index (χ2n) is 8.13. The van der Waals surface area contributed by atoms with Crippen LogP contribution in [0.15, 0.2) is 66.9 Å². The van der Waals surface area contributed by atoms with Gasteiger partial charge in [-0.1, -0.05) is 42.5 Å². The highest BCUT2D eigenvalue weighted by Crippen LogP contribution is 2.22. The summed E-state index contributed by atoms with van der Waals surface area (Å²) in [6.45, 7) is 5.03. The number of rotatable bonds is 4. The predicted octanol–water partition coefficient (Wildman–Crippen LogP) is 3.71. The van der Waals surface area contributed by atoms with Crippen molar-refractivity contribution in [1.29, 1.82) is 0 Å². The van der Waals surface area contributed by atoms with Gasteiger partial charge in [0.25, 0.3) is 5.91 Å². The average Bonchev–Trinajstić information content (AvgIpc) is 3.40. The molecular weight excluding hydrogens is 386 g/mol. The van der Waals surface area contributed by atoms with Crippen molar-refractivity contribution in [1.82, 2.24) is 14.9 Å². The molecule has 6 heteroatoms. The van der Waals surface area contributed by atoms with Crippen molar-refractivity contribution >= 4 is 17.7 Å². The molecule has 0 saturated carbocycles. The number of aromatic nitrogens is 2. The first kappa shape index (κ1) is 19.5. The first-order chi connectivity index (χ1) is 15.3. The Morgan fingerprint density at radius 3 is 2.10 bits per heavy atom. The lowest BCUT2D eigenvalue weighted by Crippen LogP contribution is -2.49. The highest BCUT2D eigenvalue weighted by atomic mass is 16.2. The summed E-state index contributed by atoms with van der Waals surface area (Å²) in [4.78, 5) is 28.7. The van der Waals surface area contributed by atoms with Gasteiger partial charge in [-0.25, -0.2) is 4.98 Å². The fraction of sp³-hybridized carbons (Fsp3) is 0.320. The number of carbonyl (C=O) groups excluding carboxylic acids is 1. The molecule has 1 aromatic heterocycles. The van der Waals surface area contributed by atoms with Crippen LogP contribution in [-0.2, 0) is 0 Å². The monoisotopic (exact) mass is 413 g/mol. The highest BCUT2D eigenvalue weighted by molar-refractivity contribution is 5.95. The maximum Gasteiger partial charge on any atom is 0.253 e. The van der Waals surface area contributed by atoms with E-state index in [0.717, 1.165) is 54.6 Å². The first-order valence-electron chi connectivity index (χ1n) is 11.1. The molecule has 2 fully saturated rings. The van der Waals surface area contributed by atoms with Crippen molar-refractivity contribution in [2.24, 2.45) is 0 Å². The summed E-state index contributed by atoms with van der Waals surface area (Å²) in [5.41, 5.74) is 3.03. The Bertz CT molecular complexity index is 1020. The SMILES string of the molecule is O=C(c1ccc(-c2ccccc2)cc1)N1CCN(c2ccnc(N3CCCC3)n2)CC1. The third kappa shape index (κ3) is 4.24. The summed E-state index contributed by atoms with van der Waals surface area (Å²) >= 11 is 0. The first-order valence-corrected chi connectivity index (χ1v) is 11.1. The molecule has 0 radical (unpaired) electrons. The van der Waals surface area contributed by atoms with Crippen molar-refractivity contribution in [2.45, 2.75) is 12.8 Å². The van der Waals surface area contributed by atoms with E-state index in [1.807, 2.05) is 59.6 Å². The van der Waals surface area contributed by atoms with E-state index in [2.05, 4.69) is 26.9 Å². The Kier molecular flexibility index (Phi) is 5.52. The van der Waals surface area contributed by atoms with Crippen molar-refractivity contribution in [2.75, 3.05) is 49.1 Å².